The van der Waals surface area contributed by atoms with Crippen LogP contribution in [0.1, 0.15) is 97.6 Å². The minimum atomic E-state index is -5.58. The van der Waals surface area contributed by atoms with E-state index in [2.05, 4.69) is 77.8 Å². The Balaban J connectivity index is 1.32. The van der Waals surface area contributed by atoms with Crippen molar-refractivity contribution >= 4 is 69.1 Å². The van der Waals surface area contributed by atoms with Crippen molar-refractivity contribution in [1.82, 2.24) is 30.2 Å². The molecule has 67 heavy (non-hydrogen) atoms. The highest BCUT2D eigenvalue weighted by Crippen LogP contribution is 2.61. The second-order valence-electron chi connectivity index (χ2n) is 15.9. The number of allylic oxidation sites excluding steroid dienone is 6. The Hall–Kier alpha value is -3.22. The van der Waals surface area contributed by atoms with Gasteiger partial charge in [-0.15, -0.1) is 0 Å². The quantitative estimate of drug-likeness (QED) is 0.0281. The predicted molar refractivity (Wildman–Crippen MR) is 246 cm³/mol. The molecule has 0 radical (unpaired) electrons. The zero-order valence-corrected chi connectivity index (χ0v) is 41.1. The molecule has 0 spiro atoms. The van der Waals surface area contributed by atoms with Crippen LogP contribution in [0.3, 0.4) is 0 Å². The number of nitrogens with zero attached hydrogens (tertiary/aromatic N) is 4. The number of ether oxygens (including phenoxy) is 1. The van der Waals surface area contributed by atoms with Gasteiger partial charge in [0.15, 0.2) is 22.8 Å². The molecule has 7 atom stereocenters. The number of amides is 2. The third-order valence-electron chi connectivity index (χ3n) is 9.79. The number of aromatic nitrogens is 4. The molecule has 1 aliphatic heterocycles. The normalized spacial score (nSPS) is 20.4. The van der Waals surface area contributed by atoms with Crippen molar-refractivity contribution in [3.05, 3.63) is 49.1 Å². The first kappa shape index (κ1) is 58.1. The van der Waals surface area contributed by atoms with E-state index in [0.717, 1.165) is 67.5 Å². The van der Waals surface area contributed by atoms with E-state index in [4.69, 9.17) is 19.5 Å². The van der Waals surface area contributed by atoms with Crippen molar-refractivity contribution in [2.75, 3.05) is 37.8 Å². The Kier molecular flexibility index (Phi) is 24.7. The second kappa shape index (κ2) is 28.4. The molecule has 2 aromatic rings. The Bertz CT molecular complexity index is 2140. The number of nitrogen functional groups attached to an aromatic ring is 1. The standard InChI is InChI=1S/C39H64N7O17P3S/c1-4-5-6-7-8-9-10-11-12-13-14-15-16-17-18-19-30(48)67-23-22-41-29(47)20-21-42-37(51)34(50)39(2,3)25-60-66(57,58)63-65(55,56)59-24-28-33(62-64(52,53)54)32(49)38(61-28)46-27-45-31-35(40)43-26-44-36(31)46/h8-9,11-12,14-15,26-28,32-34,38,49-50H,4-7,10,13,16-25H2,1-3H3,(H,41,47)(H,42,51)(H,55,56)(H,57,58)(H2,40,43,44)(H2,52,53,54)/b9-8+,12-11+,15-14+. The molecule has 0 aromatic carbocycles. The Morgan fingerprint density at radius 1 is 0.910 bits per heavy atom. The first-order valence-electron chi connectivity index (χ1n) is 21.6. The number of aliphatic hydroxyl groups excluding tert-OH is 2. The van der Waals surface area contributed by atoms with Crippen LogP contribution in [-0.2, 0) is 50.7 Å². The molecular formula is C39H64N7O17P3S. The van der Waals surface area contributed by atoms with Gasteiger partial charge in [0, 0.05) is 37.1 Å². The summed E-state index contributed by atoms with van der Waals surface area (Å²) in [5.74, 6) is -1.07. The molecule has 2 amide bonds. The fourth-order valence-corrected chi connectivity index (χ4v) is 9.74. The highest BCUT2D eigenvalue weighted by atomic mass is 32.2. The van der Waals surface area contributed by atoms with E-state index in [1.807, 2.05) is 0 Å². The van der Waals surface area contributed by atoms with Gasteiger partial charge >= 0.3 is 23.5 Å². The summed E-state index contributed by atoms with van der Waals surface area (Å²) in [6, 6.07) is 0. The van der Waals surface area contributed by atoms with Gasteiger partial charge in [0.05, 0.1) is 19.5 Å². The average Bonchev–Trinajstić information content (AvgIpc) is 3.81. The lowest BCUT2D eigenvalue weighted by molar-refractivity contribution is -0.137. The predicted octanol–water partition coefficient (Wildman–Crippen LogP) is 4.25. The number of fused-ring (bicyclic) bond motifs is 1. The van der Waals surface area contributed by atoms with Crippen LogP contribution < -0.4 is 16.4 Å². The number of nitrogens with one attached hydrogen (secondary N) is 2. The minimum Gasteiger partial charge on any atom is -0.386 e. The van der Waals surface area contributed by atoms with Gasteiger partial charge in [-0.3, -0.25) is 32.5 Å². The number of aliphatic hydroxyl groups is 2. The van der Waals surface area contributed by atoms with Crippen LogP contribution in [0.5, 0.6) is 0 Å². The zero-order valence-electron chi connectivity index (χ0n) is 37.6. The van der Waals surface area contributed by atoms with Crippen LogP contribution in [0.4, 0.5) is 5.82 Å². The lowest BCUT2D eigenvalue weighted by atomic mass is 9.87. The summed E-state index contributed by atoms with van der Waals surface area (Å²) in [6.45, 7) is 2.72. The first-order valence-corrected chi connectivity index (χ1v) is 27.1. The molecule has 7 unspecified atom stereocenters. The maximum atomic E-state index is 12.7. The largest absolute Gasteiger partial charge is 0.481 e. The molecule has 2 aromatic heterocycles. The van der Waals surface area contributed by atoms with Crippen LogP contribution in [0.15, 0.2) is 49.1 Å². The summed E-state index contributed by atoms with van der Waals surface area (Å²) >= 11 is 1.12. The van der Waals surface area contributed by atoms with Crippen molar-refractivity contribution in [2.45, 2.75) is 122 Å². The number of unbranched alkanes of at least 4 members (excludes halogenated alkanes) is 5. The number of carbonyl (C=O) groups excluding carboxylic acids is 3. The summed E-state index contributed by atoms with van der Waals surface area (Å²) < 4.78 is 62.4. The molecule has 28 heteroatoms. The van der Waals surface area contributed by atoms with Gasteiger partial charge in [-0.05, 0) is 44.9 Å². The fraction of sp³-hybridized carbons (Fsp3) is 0.641. The summed E-state index contributed by atoms with van der Waals surface area (Å²) in [6.07, 6.45) is 15.7. The second-order valence-corrected chi connectivity index (χ2v) is 21.3. The monoisotopic (exact) mass is 1030 g/mol. The third kappa shape index (κ3) is 21.5. The maximum absolute atomic E-state index is 12.7. The molecule has 10 N–H and O–H groups in total. The Morgan fingerprint density at radius 2 is 1.55 bits per heavy atom. The molecule has 0 saturated carbocycles. The van der Waals surface area contributed by atoms with E-state index in [1.165, 1.54) is 33.1 Å². The molecule has 3 rings (SSSR count). The van der Waals surface area contributed by atoms with E-state index in [-0.39, 0.29) is 41.6 Å². The van der Waals surface area contributed by atoms with E-state index in [9.17, 15) is 57.9 Å². The number of thioether (sulfide) groups is 1. The van der Waals surface area contributed by atoms with E-state index in [1.54, 1.807) is 0 Å². The molecule has 1 fully saturated rings. The van der Waals surface area contributed by atoms with Crippen molar-refractivity contribution < 1.29 is 80.5 Å². The molecule has 0 aliphatic carbocycles. The molecule has 0 bridgehead atoms. The van der Waals surface area contributed by atoms with Crippen LogP contribution in [-0.4, -0.2) is 123 Å². The van der Waals surface area contributed by atoms with E-state index < -0.39 is 84.6 Å². The smallest absolute Gasteiger partial charge is 0.386 e. The topological polar surface area (TPSA) is 364 Å². The minimum absolute atomic E-state index is 0.0286. The first-order chi connectivity index (χ1) is 31.6. The van der Waals surface area contributed by atoms with Gasteiger partial charge in [-0.2, -0.15) is 4.31 Å². The Labute approximate surface area is 393 Å². The van der Waals surface area contributed by atoms with Crippen LogP contribution in [0, 0.1) is 5.41 Å². The van der Waals surface area contributed by atoms with Crippen molar-refractivity contribution in [3.63, 3.8) is 0 Å². The van der Waals surface area contributed by atoms with Gasteiger partial charge in [-0.1, -0.05) is 81.8 Å². The number of phosphoric ester groups is 3. The van der Waals surface area contributed by atoms with Gasteiger partial charge in [0.1, 0.15) is 36.3 Å². The number of phosphoric acid groups is 3. The number of hydrogen-bond acceptors (Lipinski definition) is 18. The van der Waals surface area contributed by atoms with E-state index >= 15 is 0 Å². The average molecular weight is 1030 g/mol. The van der Waals surface area contributed by atoms with Crippen LogP contribution >= 0.6 is 35.2 Å². The fourth-order valence-electron chi connectivity index (χ4n) is 6.19. The lowest BCUT2D eigenvalue weighted by Crippen LogP contribution is -2.46. The van der Waals surface area contributed by atoms with E-state index in [0.29, 0.717) is 12.2 Å². The molecule has 24 nitrogen and oxygen atoms in total. The van der Waals surface area contributed by atoms with Gasteiger partial charge in [0.25, 0.3) is 0 Å². The number of rotatable bonds is 32. The van der Waals surface area contributed by atoms with Crippen LogP contribution in [0.25, 0.3) is 11.2 Å². The van der Waals surface area contributed by atoms with Gasteiger partial charge in [0.2, 0.25) is 11.8 Å². The molecular weight excluding hydrogens is 963 g/mol. The van der Waals surface area contributed by atoms with Crippen molar-refractivity contribution in [2.24, 2.45) is 5.41 Å². The third-order valence-corrected chi connectivity index (χ3v) is 13.8. The highest BCUT2D eigenvalue weighted by molar-refractivity contribution is 8.13. The van der Waals surface area contributed by atoms with Gasteiger partial charge in [-0.25, -0.2) is 28.6 Å². The Morgan fingerprint density at radius 3 is 2.21 bits per heavy atom. The summed E-state index contributed by atoms with van der Waals surface area (Å²) in [7, 11) is -16.4. The SMILES string of the molecule is CCCCC/C=C/C/C=C/C/C=C/CCCCC(=O)SCCNC(=O)CCNC(=O)C(O)C(C)(C)COP(=O)(O)OP(=O)(O)OCC1OC(n2cnc3c(N)ncnc32)C(O)C1OP(=O)(O)O. The lowest BCUT2D eigenvalue weighted by Gasteiger charge is -2.30. The maximum Gasteiger partial charge on any atom is 0.481 e. The molecule has 378 valence electrons. The number of anilines is 1. The number of imidazole rings is 1. The number of nitrogens with two attached hydrogens (primary N) is 1. The van der Waals surface area contributed by atoms with Crippen LogP contribution in [0.2, 0.25) is 0 Å². The molecule has 1 saturated heterocycles. The number of hydrogen-bond donors (Lipinski definition) is 9. The van der Waals surface area contributed by atoms with Gasteiger partial charge < -0.3 is 50.9 Å². The zero-order chi connectivity index (χ0) is 49.7. The number of carbonyl (C=O) groups is 3. The molecule has 1 aliphatic rings. The van der Waals surface area contributed by atoms with Crippen molar-refractivity contribution in [1.29, 1.82) is 0 Å². The summed E-state index contributed by atoms with van der Waals surface area (Å²) in [5, 5.41) is 26.6. The molecule has 3 heterocycles. The summed E-state index contributed by atoms with van der Waals surface area (Å²) in [4.78, 5) is 88.3. The summed E-state index contributed by atoms with van der Waals surface area (Å²) in [5.41, 5.74) is 4.28. The highest BCUT2D eigenvalue weighted by Gasteiger charge is 2.50. The van der Waals surface area contributed by atoms with Crippen molar-refractivity contribution in [3.8, 4) is 0 Å².